The number of hydrogen-bond donors (Lipinski definition) is 1. The van der Waals surface area contributed by atoms with Crippen molar-refractivity contribution < 1.29 is 14.3 Å². The molecule has 2 atom stereocenters. The number of amides is 1. The number of ether oxygens (including phenoxy) is 2. The first-order valence-corrected chi connectivity index (χ1v) is 12.1. The molecule has 2 N–H and O–H groups in total. The van der Waals surface area contributed by atoms with E-state index in [0.717, 1.165) is 5.56 Å². The Morgan fingerprint density at radius 3 is 2.51 bits per heavy atom. The minimum atomic E-state index is -1.86. The quantitative estimate of drug-likeness (QED) is 0.606. The van der Waals surface area contributed by atoms with Crippen molar-refractivity contribution in [1.29, 1.82) is 15.8 Å². The van der Waals surface area contributed by atoms with Gasteiger partial charge in [-0.3, -0.25) is 0 Å². The Kier molecular flexibility index (Phi) is 7.39. The predicted molar refractivity (Wildman–Crippen MR) is 136 cm³/mol. The Labute approximate surface area is 220 Å². The largest absolute Gasteiger partial charge is 0.489 e. The van der Waals surface area contributed by atoms with E-state index in [2.05, 4.69) is 18.2 Å². The number of nitrogens with two attached hydrogens (primary N) is 1. The van der Waals surface area contributed by atoms with Crippen LogP contribution in [0, 0.1) is 45.3 Å². The maximum atomic E-state index is 12.6. The molecule has 1 aliphatic heterocycles. The second-order valence-corrected chi connectivity index (χ2v) is 9.17. The molecule has 0 saturated heterocycles. The lowest BCUT2D eigenvalue weighted by molar-refractivity contribution is 0.0997. The van der Waals surface area contributed by atoms with Gasteiger partial charge in [-0.25, -0.2) is 4.79 Å². The number of fused-ring (bicyclic) bond motifs is 1. The molecule has 9 heteroatoms. The third kappa shape index (κ3) is 4.58. The van der Waals surface area contributed by atoms with Crippen LogP contribution >= 0.6 is 11.6 Å². The van der Waals surface area contributed by atoms with Gasteiger partial charge in [-0.05, 0) is 36.3 Å². The van der Waals surface area contributed by atoms with Crippen LogP contribution in [0.15, 0.2) is 71.5 Å². The summed E-state index contributed by atoms with van der Waals surface area (Å²) in [7, 11) is 0. The standard InChI is InChI=1S/C28H24ClN5O3/c1-2-36-27(35)34-12-11-20-22(13-30)26(33)28(16-31,17-32)25(23(20)14-34)21-5-3-4-6-24(21)37-15-18-7-9-19(29)10-8-18/h3-11,23,25H,2,12,14-15,33H2,1H3/t23-,25-/m1/s1. The number of carbonyl (C=O) groups excluding carboxylic acids is 1. The van der Waals surface area contributed by atoms with E-state index >= 15 is 0 Å². The predicted octanol–water partition coefficient (Wildman–Crippen LogP) is 4.80. The number of halogens is 1. The van der Waals surface area contributed by atoms with Crippen molar-refractivity contribution in [3.05, 3.63) is 87.6 Å². The molecule has 0 bridgehead atoms. The van der Waals surface area contributed by atoms with Gasteiger partial charge in [-0.2, -0.15) is 15.8 Å². The molecule has 0 unspecified atom stereocenters. The zero-order valence-electron chi connectivity index (χ0n) is 20.1. The molecule has 2 aromatic rings. The van der Waals surface area contributed by atoms with Crippen LogP contribution in [-0.4, -0.2) is 30.7 Å². The highest BCUT2D eigenvalue weighted by atomic mass is 35.5. The Bertz CT molecular complexity index is 1380. The van der Waals surface area contributed by atoms with Gasteiger partial charge in [-0.15, -0.1) is 0 Å². The highest BCUT2D eigenvalue weighted by Gasteiger charge is 2.55. The lowest BCUT2D eigenvalue weighted by Crippen LogP contribution is -2.49. The summed E-state index contributed by atoms with van der Waals surface area (Å²) in [6.45, 7) is 2.51. The van der Waals surface area contributed by atoms with E-state index < -0.39 is 23.3 Å². The highest BCUT2D eigenvalue weighted by molar-refractivity contribution is 6.30. The number of rotatable bonds is 5. The molecule has 0 spiro atoms. The third-order valence-electron chi connectivity index (χ3n) is 6.75. The number of allylic oxidation sites excluding steroid dienone is 2. The average molecular weight is 514 g/mol. The Hall–Kier alpha value is -4.45. The zero-order chi connectivity index (χ0) is 26.6. The molecule has 37 heavy (non-hydrogen) atoms. The van der Waals surface area contributed by atoms with E-state index in [1.54, 1.807) is 49.4 Å². The number of para-hydroxylation sites is 1. The van der Waals surface area contributed by atoms with Gasteiger partial charge >= 0.3 is 6.09 Å². The molecule has 0 saturated carbocycles. The molecular weight excluding hydrogens is 490 g/mol. The minimum Gasteiger partial charge on any atom is -0.489 e. The van der Waals surface area contributed by atoms with Crippen LogP contribution < -0.4 is 10.5 Å². The van der Waals surface area contributed by atoms with E-state index in [0.29, 0.717) is 21.9 Å². The lowest BCUT2D eigenvalue weighted by atomic mass is 9.58. The van der Waals surface area contributed by atoms with Crippen LogP contribution in [0.4, 0.5) is 4.79 Å². The lowest BCUT2D eigenvalue weighted by Gasteiger charge is -2.45. The number of benzene rings is 2. The van der Waals surface area contributed by atoms with Crippen molar-refractivity contribution >= 4 is 17.7 Å². The van der Waals surface area contributed by atoms with Crippen molar-refractivity contribution in [3.63, 3.8) is 0 Å². The van der Waals surface area contributed by atoms with Gasteiger partial charge in [0.15, 0.2) is 5.41 Å². The molecule has 2 aliphatic rings. The van der Waals surface area contributed by atoms with Crippen molar-refractivity contribution in [2.45, 2.75) is 19.4 Å². The first-order valence-electron chi connectivity index (χ1n) is 11.7. The Morgan fingerprint density at radius 1 is 1.16 bits per heavy atom. The molecule has 8 nitrogen and oxygen atoms in total. The third-order valence-corrected chi connectivity index (χ3v) is 7.00. The smallest absolute Gasteiger partial charge is 0.410 e. The molecule has 186 valence electrons. The summed E-state index contributed by atoms with van der Waals surface area (Å²) in [4.78, 5) is 14.1. The van der Waals surface area contributed by atoms with Gasteiger partial charge in [0, 0.05) is 35.5 Å². The van der Waals surface area contributed by atoms with Crippen molar-refractivity contribution in [1.82, 2.24) is 4.90 Å². The number of hydrogen-bond acceptors (Lipinski definition) is 7. The fourth-order valence-electron chi connectivity index (χ4n) is 5.00. The van der Waals surface area contributed by atoms with Gasteiger partial charge in [0.1, 0.15) is 18.4 Å². The minimum absolute atomic E-state index is 0.0930. The van der Waals surface area contributed by atoms with Gasteiger partial charge < -0.3 is 20.1 Å². The van der Waals surface area contributed by atoms with Crippen LogP contribution in [0.3, 0.4) is 0 Å². The summed E-state index contributed by atoms with van der Waals surface area (Å²) in [6, 6.07) is 20.7. The fourth-order valence-corrected chi connectivity index (χ4v) is 5.12. The van der Waals surface area contributed by atoms with Crippen LogP contribution in [0.2, 0.25) is 5.02 Å². The molecule has 2 aromatic carbocycles. The maximum absolute atomic E-state index is 12.6. The Balaban J connectivity index is 1.84. The van der Waals surface area contributed by atoms with E-state index in [1.807, 2.05) is 12.1 Å². The summed E-state index contributed by atoms with van der Waals surface area (Å²) in [6.07, 6.45) is 1.24. The molecule has 1 amide bonds. The van der Waals surface area contributed by atoms with Gasteiger partial charge in [-0.1, -0.05) is 48.0 Å². The molecule has 1 aliphatic carbocycles. The summed E-state index contributed by atoms with van der Waals surface area (Å²) in [5.74, 6) is -0.915. The topological polar surface area (TPSA) is 136 Å². The van der Waals surface area contributed by atoms with E-state index in [-0.39, 0.29) is 37.6 Å². The highest BCUT2D eigenvalue weighted by Crippen LogP contribution is 2.55. The van der Waals surface area contributed by atoms with Crippen LogP contribution in [0.1, 0.15) is 24.0 Å². The zero-order valence-corrected chi connectivity index (χ0v) is 20.9. The summed E-state index contributed by atoms with van der Waals surface area (Å²) < 4.78 is 11.4. The first-order chi connectivity index (χ1) is 17.9. The SMILES string of the molecule is CCOC(=O)N1CC=C2C(C#N)=C(N)C(C#N)(C#N)[C@H](c3ccccc3OCc3ccc(Cl)cc3)[C@@H]2C1. The molecule has 0 radical (unpaired) electrons. The van der Waals surface area contributed by atoms with E-state index in [9.17, 15) is 20.6 Å². The molecule has 4 rings (SSSR count). The van der Waals surface area contributed by atoms with Gasteiger partial charge in [0.2, 0.25) is 0 Å². The number of nitriles is 3. The molecule has 0 fully saturated rings. The normalized spacial score (nSPS) is 20.0. The molecule has 0 aromatic heterocycles. The number of nitrogens with zero attached hydrogens (tertiary/aromatic N) is 4. The molecular formula is C28H24ClN5O3. The number of carbonyl (C=O) groups is 1. The second-order valence-electron chi connectivity index (χ2n) is 8.73. The van der Waals surface area contributed by atoms with Crippen LogP contribution in [-0.2, 0) is 11.3 Å². The van der Waals surface area contributed by atoms with Crippen LogP contribution in [0.5, 0.6) is 5.75 Å². The van der Waals surface area contributed by atoms with Gasteiger partial charge in [0.25, 0.3) is 0 Å². The average Bonchev–Trinajstić information content (AvgIpc) is 2.92. The van der Waals surface area contributed by atoms with E-state index in [4.69, 9.17) is 26.8 Å². The molecule has 1 heterocycles. The second kappa shape index (κ2) is 10.7. The van der Waals surface area contributed by atoms with Crippen molar-refractivity contribution in [2.24, 2.45) is 17.1 Å². The fraction of sp³-hybridized carbons (Fsp3) is 0.286. The summed E-state index contributed by atoms with van der Waals surface area (Å²) in [5, 5.41) is 31.3. The Morgan fingerprint density at radius 2 is 1.86 bits per heavy atom. The van der Waals surface area contributed by atoms with Crippen molar-refractivity contribution in [2.75, 3.05) is 19.7 Å². The van der Waals surface area contributed by atoms with Crippen molar-refractivity contribution in [3.8, 4) is 24.0 Å². The van der Waals surface area contributed by atoms with E-state index in [1.165, 1.54) is 4.90 Å². The summed E-state index contributed by atoms with van der Waals surface area (Å²) >= 11 is 5.99. The summed E-state index contributed by atoms with van der Waals surface area (Å²) in [5.41, 5.74) is 6.64. The monoisotopic (exact) mass is 513 g/mol. The maximum Gasteiger partial charge on any atom is 0.410 e. The first kappa shape index (κ1) is 25.6. The van der Waals surface area contributed by atoms with Gasteiger partial charge in [0.05, 0.1) is 30.0 Å². The van der Waals surface area contributed by atoms with Crippen LogP contribution in [0.25, 0.3) is 0 Å².